The Balaban J connectivity index is 1.91. The Kier molecular flexibility index (Phi) is 5.22. The van der Waals surface area contributed by atoms with E-state index >= 15 is 0 Å². The number of rotatable bonds is 4. The van der Waals surface area contributed by atoms with Gasteiger partial charge in [0.2, 0.25) is 0 Å². The van der Waals surface area contributed by atoms with Crippen LogP contribution in [0.15, 0.2) is 41.8 Å². The lowest BCUT2D eigenvalue weighted by molar-refractivity contribution is 0.365. The first-order valence-electron chi connectivity index (χ1n) is 7.27. The van der Waals surface area contributed by atoms with Crippen molar-refractivity contribution >= 4 is 21.4 Å². The number of hydrogen-bond donors (Lipinski definition) is 0. The molecule has 0 spiro atoms. The highest BCUT2D eigenvalue weighted by Crippen LogP contribution is 2.26. The molecule has 2 heteroatoms. The molecule has 0 radical (unpaired) electrons. The van der Waals surface area contributed by atoms with E-state index in [1.165, 1.54) is 15.6 Å². The third-order valence-electron chi connectivity index (χ3n) is 3.07. The van der Waals surface area contributed by atoms with Gasteiger partial charge < -0.3 is 0 Å². The molecule has 0 amide bonds. The van der Waals surface area contributed by atoms with Gasteiger partial charge in [-0.25, -0.2) is 0 Å². The highest BCUT2D eigenvalue weighted by Gasteiger charge is 2.05. The third-order valence-corrected chi connectivity index (χ3v) is 4.08. The minimum Gasteiger partial charge on any atom is -0.298 e. The van der Waals surface area contributed by atoms with E-state index in [4.69, 9.17) is 0 Å². The van der Waals surface area contributed by atoms with Crippen LogP contribution in [0.4, 0.5) is 0 Å². The number of fused-ring (bicyclic) bond motifs is 1. The van der Waals surface area contributed by atoms with Gasteiger partial charge in [0.15, 0.2) is 0 Å². The summed E-state index contributed by atoms with van der Waals surface area (Å²) in [6, 6.07) is 8.61. The second kappa shape index (κ2) is 6.93. The van der Waals surface area contributed by atoms with Crippen molar-refractivity contribution in [2.45, 2.75) is 27.3 Å². The van der Waals surface area contributed by atoms with E-state index in [1.807, 2.05) is 17.4 Å². The maximum Gasteiger partial charge on any atom is 0.0346 e. The van der Waals surface area contributed by atoms with Crippen LogP contribution >= 0.6 is 11.3 Å². The summed E-state index contributed by atoms with van der Waals surface area (Å²) in [6.45, 7) is 8.27. The van der Waals surface area contributed by atoms with Crippen LogP contribution in [0.1, 0.15) is 26.3 Å². The minimum absolute atomic E-state index is 0.0752. The molecular formula is C19H23NS. The monoisotopic (exact) mass is 297 g/mol. The normalized spacial score (nSPS) is 12.0. The minimum atomic E-state index is 0.0752. The molecule has 1 aromatic heterocycles. The average molecular weight is 297 g/mol. The number of hydrogen-bond acceptors (Lipinski definition) is 2. The molecule has 0 aliphatic rings. The Labute approximate surface area is 132 Å². The van der Waals surface area contributed by atoms with Crippen LogP contribution in [0.5, 0.6) is 0 Å². The summed E-state index contributed by atoms with van der Waals surface area (Å²) in [4.78, 5) is 2.31. The lowest BCUT2D eigenvalue weighted by atomic mass is 9.98. The molecule has 0 unspecified atom stereocenters. The third kappa shape index (κ3) is 5.04. The molecule has 0 fully saturated rings. The zero-order valence-electron chi connectivity index (χ0n) is 13.3. The molecule has 1 heterocycles. The molecule has 0 atom stereocenters. The molecule has 1 aromatic carbocycles. The molecule has 0 saturated heterocycles. The number of nitrogens with zero attached hydrogens (tertiary/aromatic N) is 1. The van der Waals surface area contributed by atoms with Gasteiger partial charge in [0.1, 0.15) is 0 Å². The van der Waals surface area contributed by atoms with Crippen molar-refractivity contribution in [3.05, 3.63) is 47.4 Å². The summed E-state index contributed by atoms with van der Waals surface area (Å²) < 4.78 is 1.37. The number of thiophene rings is 1. The molecule has 0 bridgehead atoms. The fourth-order valence-electron chi connectivity index (χ4n) is 2.06. The summed E-state index contributed by atoms with van der Waals surface area (Å²) in [5.41, 5.74) is 1.48. The summed E-state index contributed by atoms with van der Waals surface area (Å²) in [7, 11) is 2.15. The summed E-state index contributed by atoms with van der Waals surface area (Å²) in [5, 5.41) is 3.65. The van der Waals surface area contributed by atoms with Crippen LogP contribution < -0.4 is 0 Å². The van der Waals surface area contributed by atoms with Crippen molar-refractivity contribution < 1.29 is 0 Å². The van der Waals surface area contributed by atoms with Gasteiger partial charge in [-0.15, -0.1) is 11.3 Å². The first kappa shape index (κ1) is 15.8. The largest absolute Gasteiger partial charge is 0.298 e. The Morgan fingerprint density at radius 2 is 2.00 bits per heavy atom. The quantitative estimate of drug-likeness (QED) is 0.723. The van der Waals surface area contributed by atoms with Gasteiger partial charge in [-0.3, -0.25) is 4.90 Å². The van der Waals surface area contributed by atoms with Crippen LogP contribution in [-0.4, -0.2) is 18.5 Å². The van der Waals surface area contributed by atoms with E-state index in [-0.39, 0.29) is 5.41 Å². The van der Waals surface area contributed by atoms with E-state index in [0.29, 0.717) is 0 Å². The lowest BCUT2D eigenvalue weighted by Gasteiger charge is -2.13. The van der Waals surface area contributed by atoms with Gasteiger partial charge in [0, 0.05) is 23.2 Å². The molecule has 0 aliphatic heterocycles. The maximum atomic E-state index is 3.21. The summed E-state index contributed by atoms with van der Waals surface area (Å²) >= 11 is 1.82. The highest BCUT2D eigenvalue weighted by molar-refractivity contribution is 7.17. The Hall–Kier alpha value is -1.56. The number of likely N-dealkylation sites (N-methyl/N-ethyl adjacent to an activating group) is 1. The van der Waals surface area contributed by atoms with Crippen LogP contribution in [0.25, 0.3) is 10.1 Å². The zero-order chi connectivity index (χ0) is 15.3. The topological polar surface area (TPSA) is 3.24 Å². The van der Waals surface area contributed by atoms with Gasteiger partial charge in [0.25, 0.3) is 0 Å². The maximum absolute atomic E-state index is 3.21. The van der Waals surface area contributed by atoms with E-state index < -0.39 is 0 Å². The van der Waals surface area contributed by atoms with E-state index in [2.05, 4.69) is 80.3 Å². The Bertz CT molecular complexity index is 677. The fraction of sp³-hybridized carbons (Fsp3) is 0.368. The second-order valence-corrected chi connectivity index (χ2v) is 7.29. The molecule has 110 valence electrons. The van der Waals surface area contributed by atoms with Crippen LogP contribution in [0.3, 0.4) is 0 Å². The molecule has 2 aromatic rings. The average Bonchev–Trinajstić information content (AvgIpc) is 2.81. The first-order valence-corrected chi connectivity index (χ1v) is 8.15. The SMILES string of the molecule is CN(C/C=C/C#CC(C)(C)C)Cc1csc2ccccc12. The van der Waals surface area contributed by atoms with Gasteiger partial charge >= 0.3 is 0 Å². The lowest BCUT2D eigenvalue weighted by Crippen LogP contribution is -2.17. The zero-order valence-corrected chi connectivity index (χ0v) is 14.1. The molecule has 1 nitrogen and oxygen atoms in total. The Morgan fingerprint density at radius 3 is 2.76 bits per heavy atom. The van der Waals surface area contributed by atoms with Gasteiger partial charge in [-0.2, -0.15) is 0 Å². The first-order chi connectivity index (χ1) is 9.96. The Morgan fingerprint density at radius 1 is 1.24 bits per heavy atom. The van der Waals surface area contributed by atoms with Crippen molar-refractivity contribution in [2.24, 2.45) is 5.41 Å². The molecule has 0 aliphatic carbocycles. The molecular weight excluding hydrogens is 274 g/mol. The van der Waals surface area contributed by atoms with E-state index in [0.717, 1.165) is 13.1 Å². The predicted octanol–water partition coefficient (Wildman–Crippen LogP) is 4.94. The van der Waals surface area contributed by atoms with E-state index in [9.17, 15) is 0 Å². The van der Waals surface area contributed by atoms with Crippen molar-refractivity contribution in [3.8, 4) is 11.8 Å². The second-order valence-electron chi connectivity index (χ2n) is 6.38. The van der Waals surface area contributed by atoms with Gasteiger partial charge in [0.05, 0.1) is 0 Å². The fourth-order valence-corrected chi connectivity index (χ4v) is 3.01. The molecule has 0 saturated carbocycles. The standard InChI is InChI=1S/C19H23NS/c1-19(2,3)12-8-5-9-13-20(4)14-16-15-21-18-11-7-6-10-17(16)18/h5-7,9-11,15H,13-14H2,1-4H3/b9-5+. The highest BCUT2D eigenvalue weighted by atomic mass is 32.1. The van der Waals surface area contributed by atoms with Gasteiger partial charge in [-0.1, -0.05) is 36.1 Å². The van der Waals surface area contributed by atoms with Crippen molar-refractivity contribution in [2.75, 3.05) is 13.6 Å². The molecule has 2 rings (SSSR count). The van der Waals surface area contributed by atoms with Crippen molar-refractivity contribution in [1.82, 2.24) is 4.90 Å². The smallest absolute Gasteiger partial charge is 0.0346 e. The van der Waals surface area contributed by atoms with Crippen molar-refractivity contribution in [1.29, 1.82) is 0 Å². The number of allylic oxidation sites excluding steroid dienone is 1. The van der Waals surface area contributed by atoms with Gasteiger partial charge in [-0.05, 0) is 56.3 Å². The number of benzene rings is 1. The molecule has 21 heavy (non-hydrogen) atoms. The van der Waals surface area contributed by atoms with Crippen LogP contribution in [0.2, 0.25) is 0 Å². The van der Waals surface area contributed by atoms with Crippen molar-refractivity contribution in [3.63, 3.8) is 0 Å². The molecule has 0 N–H and O–H groups in total. The predicted molar refractivity (Wildman–Crippen MR) is 94.5 cm³/mol. The summed E-state index contributed by atoms with van der Waals surface area (Å²) in [6.07, 6.45) is 4.10. The summed E-state index contributed by atoms with van der Waals surface area (Å²) in [5.74, 6) is 6.33. The van der Waals surface area contributed by atoms with E-state index in [1.54, 1.807) is 0 Å². The van der Waals surface area contributed by atoms with Crippen LogP contribution in [0, 0.1) is 17.3 Å². The van der Waals surface area contributed by atoms with Crippen LogP contribution in [-0.2, 0) is 6.54 Å².